The third-order valence-electron chi connectivity index (χ3n) is 3.14. The third kappa shape index (κ3) is 2.85. The van der Waals surface area contributed by atoms with E-state index in [0.29, 0.717) is 12.0 Å². The maximum Gasteiger partial charge on any atom is 0.0373 e. The van der Waals surface area contributed by atoms with Crippen molar-refractivity contribution in [3.63, 3.8) is 0 Å². The fourth-order valence-electron chi connectivity index (χ4n) is 2.24. The fraction of sp³-hybridized carbons (Fsp3) is 0.583. The Hall–Kier alpha value is -0.760. The first kappa shape index (κ1) is 10.7. The van der Waals surface area contributed by atoms with Crippen LogP contribution in [0.5, 0.6) is 0 Å². The van der Waals surface area contributed by atoms with Crippen molar-refractivity contribution < 1.29 is 0 Å². The Bertz CT molecular complexity index is 289. The summed E-state index contributed by atoms with van der Waals surface area (Å²) in [5, 5.41) is 3.56. The molecule has 2 rings (SSSR count). The van der Waals surface area contributed by atoms with Crippen molar-refractivity contribution in [1.82, 2.24) is 4.98 Å². The van der Waals surface area contributed by atoms with Gasteiger partial charge in [0.25, 0.3) is 0 Å². The van der Waals surface area contributed by atoms with Gasteiger partial charge in [0.2, 0.25) is 0 Å². The molecule has 15 heavy (non-hydrogen) atoms. The van der Waals surface area contributed by atoms with Crippen molar-refractivity contribution >= 4 is 17.3 Å². The van der Waals surface area contributed by atoms with Crippen LogP contribution in [0, 0.1) is 5.92 Å². The molecule has 0 saturated heterocycles. The van der Waals surface area contributed by atoms with Gasteiger partial charge in [-0.15, -0.1) is 11.6 Å². The standard InChI is InChI=1S/C12H17ClN2/c13-9-10-3-1-2-4-12(10)15-11-5-7-14-8-6-11/h5-8,10,12H,1-4,9H2,(H,14,15). The van der Waals surface area contributed by atoms with Crippen LogP contribution < -0.4 is 5.32 Å². The van der Waals surface area contributed by atoms with Crippen LogP contribution >= 0.6 is 11.6 Å². The number of aromatic nitrogens is 1. The normalized spacial score (nSPS) is 26.2. The maximum absolute atomic E-state index is 5.99. The summed E-state index contributed by atoms with van der Waals surface area (Å²) in [6, 6.07) is 4.57. The highest BCUT2D eigenvalue weighted by molar-refractivity contribution is 6.18. The fourth-order valence-corrected chi connectivity index (χ4v) is 2.61. The first-order valence-electron chi connectivity index (χ1n) is 5.62. The SMILES string of the molecule is ClCC1CCCCC1Nc1ccncc1. The molecule has 3 heteroatoms. The van der Waals surface area contributed by atoms with Crippen molar-refractivity contribution in [3.8, 4) is 0 Å². The lowest BCUT2D eigenvalue weighted by Gasteiger charge is -2.31. The molecule has 1 aliphatic rings. The quantitative estimate of drug-likeness (QED) is 0.797. The van der Waals surface area contributed by atoms with E-state index in [1.807, 2.05) is 24.5 Å². The minimum atomic E-state index is 0.540. The molecule has 1 saturated carbocycles. The number of pyridine rings is 1. The van der Waals surface area contributed by atoms with Gasteiger partial charge in [0.1, 0.15) is 0 Å². The van der Waals surface area contributed by atoms with Gasteiger partial charge in [-0.25, -0.2) is 0 Å². The lowest BCUT2D eigenvalue weighted by Crippen LogP contribution is -2.33. The summed E-state index contributed by atoms with van der Waals surface area (Å²) in [6.45, 7) is 0. The molecular formula is C12H17ClN2. The molecule has 2 nitrogen and oxygen atoms in total. The monoisotopic (exact) mass is 224 g/mol. The average molecular weight is 225 g/mol. The average Bonchev–Trinajstić information content (AvgIpc) is 2.31. The number of nitrogens with one attached hydrogen (secondary N) is 1. The van der Waals surface area contributed by atoms with E-state index in [4.69, 9.17) is 11.6 Å². The molecule has 1 aromatic heterocycles. The lowest BCUT2D eigenvalue weighted by atomic mass is 9.85. The number of hydrogen-bond acceptors (Lipinski definition) is 2. The second-order valence-electron chi connectivity index (χ2n) is 4.19. The molecule has 0 aromatic carbocycles. The molecule has 2 atom stereocenters. The largest absolute Gasteiger partial charge is 0.382 e. The van der Waals surface area contributed by atoms with Crippen LogP contribution in [-0.4, -0.2) is 16.9 Å². The topological polar surface area (TPSA) is 24.9 Å². The van der Waals surface area contributed by atoms with Gasteiger partial charge in [-0.2, -0.15) is 0 Å². The van der Waals surface area contributed by atoms with Crippen LogP contribution in [0.15, 0.2) is 24.5 Å². The van der Waals surface area contributed by atoms with E-state index in [9.17, 15) is 0 Å². The molecule has 1 aromatic rings. The Kier molecular flexibility index (Phi) is 3.84. The highest BCUT2D eigenvalue weighted by Gasteiger charge is 2.23. The second-order valence-corrected chi connectivity index (χ2v) is 4.49. The van der Waals surface area contributed by atoms with Gasteiger partial charge < -0.3 is 5.32 Å². The van der Waals surface area contributed by atoms with E-state index in [1.54, 1.807) is 0 Å². The van der Waals surface area contributed by atoms with E-state index in [1.165, 1.54) is 25.7 Å². The van der Waals surface area contributed by atoms with Crippen LogP contribution in [0.1, 0.15) is 25.7 Å². The zero-order valence-corrected chi connectivity index (χ0v) is 9.58. The van der Waals surface area contributed by atoms with E-state index < -0.39 is 0 Å². The van der Waals surface area contributed by atoms with Crippen molar-refractivity contribution in [2.45, 2.75) is 31.7 Å². The zero-order valence-electron chi connectivity index (χ0n) is 8.82. The summed E-state index contributed by atoms with van der Waals surface area (Å²) in [5.74, 6) is 1.39. The highest BCUT2D eigenvalue weighted by Crippen LogP contribution is 2.27. The van der Waals surface area contributed by atoms with Gasteiger partial charge in [-0.3, -0.25) is 4.98 Å². The van der Waals surface area contributed by atoms with E-state index in [2.05, 4.69) is 10.3 Å². The van der Waals surface area contributed by atoms with Crippen molar-refractivity contribution in [3.05, 3.63) is 24.5 Å². The number of alkyl halides is 1. The molecule has 1 fully saturated rings. The van der Waals surface area contributed by atoms with Gasteiger partial charge in [0.15, 0.2) is 0 Å². The molecule has 1 N–H and O–H groups in total. The number of nitrogens with zero attached hydrogens (tertiary/aromatic N) is 1. The molecule has 1 heterocycles. The number of halogens is 1. The predicted octanol–water partition coefficient (Wildman–Crippen LogP) is 3.29. The number of rotatable bonds is 3. The van der Waals surface area contributed by atoms with Crippen molar-refractivity contribution in [2.24, 2.45) is 5.92 Å². The van der Waals surface area contributed by atoms with Crippen LogP contribution in [0.3, 0.4) is 0 Å². The summed E-state index contributed by atoms with van der Waals surface area (Å²) < 4.78 is 0. The Morgan fingerprint density at radius 3 is 2.73 bits per heavy atom. The minimum Gasteiger partial charge on any atom is -0.382 e. The van der Waals surface area contributed by atoms with Crippen molar-refractivity contribution in [2.75, 3.05) is 11.2 Å². The maximum atomic E-state index is 5.99. The van der Waals surface area contributed by atoms with E-state index in [0.717, 1.165) is 11.6 Å². The smallest absolute Gasteiger partial charge is 0.0373 e. The summed E-state index contributed by atoms with van der Waals surface area (Å²) in [6.07, 6.45) is 8.77. The lowest BCUT2D eigenvalue weighted by molar-refractivity contribution is 0.353. The minimum absolute atomic E-state index is 0.540. The summed E-state index contributed by atoms with van der Waals surface area (Å²) in [4.78, 5) is 4.01. The Labute approximate surface area is 96.1 Å². The first-order chi connectivity index (χ1) is 7.40. The second kappa shape index (κ2) is 5.36. The van der Waals surface area contributed by atoms with Crippen LogP contribution in [0.25, 0.3) is 0 Å². The highest BCUT2D eigenvalue weighted by atomic mass is 35.5. The van der Waals surface area contributed by atoms with Crippen LogP contribution in [0.2, 0.25) is 0 Å². The molecular weight excluding hydrogens is 208 g/mol. The Morgan fingerprint density at radius 1 is 1.27 bits per heavy atom. The molecule has 0 bridgehead atoms. The number of hydrogen-bond donors (Lipinski definition) is 1. The van der Waals surface area contributed by atoms with Gasteiger partial charge in [0, 0.05) is 30.0 Å². The Morgan fingerprint density at radius 2 is 2.00 bits per heavy atom. The summed E-state index contributed by atoms with van der Waals surface area (Å²) >= 11 is 5.99. The Balaban J connectivity index is 1.97. The molecule has 0 aliphatic heterocycles. The summed E-state index contributed by atoms with van der Waals surface area (Å²) in [5.41, 5.74) is 1.16. The molecule has 0 spiro atoms. The summed E-state index contributed by atoms with van der Waals surface area (Å²) in [7, 11) is 0. The zero-order chi connectivity index (χ0) is 10.5. The van der Waals surface area contributed by atoms with Crippen molar-refractivity contribution in [1.29, 1.82) is 0 Å². The van der Waals surface area contributed by atoms with Crippen LogP contribution in [0.4, 0.5) is 5.69 Å². The van der Waals surface area contributed by atoms with Crippen LogP contribution in [-0.2, 0) is 0 Å². The van der Waals surface area contributed by atoms with E-state index in [-0.39, 0.29) is 0 Å². The molecule has 82 valence electrons. The van der Waals surface area contributed by atoms with E-state index >= 15 is 0 Å². The number of anilines is 1. The van der Waals surface area contributed by atoms with Gasteiger partial charge in [-0.1, -0.05) is 12.8 Å². The first-order valence-corrected chi connectivity index (χ1v) is 6.16. The molecule has 1 aliphatic carbocycles. The molecule has 2 unspecified atom stereocenters. The molecule has 0 amide bonds. The van der Waals surface area contributed by atoms with Gasteiger partial charge >= 0.3 is 0 Å². The predicted molar refractivity (Wildman–Crippen MR) is 64.3 cm³/mol. The molecule has 0 radical (unpaired) electrons. The van der Waals surface area contributed by atoms with Gasteiger partial charge in [-0.05, 0) is 30.9 Å². The van der Waals surface area contributed by atoms with Gasteiger partial charge in [0.05, 0.1) is 0 Å². The third-order valence-corrected chi connectivity index (χ3v) is 3.54.